The molecule has 1 unspecified atom stereocenters. The van der Waals surface area contributed by atoms with Crippen molar-refractivity contribution in [2.75, 3.05) is 5.75 Å². The Balaban J connectivity index is 2.19. The van der Waals surface area contributed by atoms with E-state index in [9.17, 15) is 4.21 Å². The lowest BCUT2D eigenvalue weighted by molar-refractivity contribution is 0.676. The van der Waals surface area contributed by atoms with Crippen LogP contribution in [0.25, 0.3) is 5.69 Å². The average Bonchev–Trinajstić information content (AvgIpc) is 2.85. The van der Waals surface area contributed by atoms with Crippen LogP contribution in [-0.2, 0) is 16.6 Å². The Morgan fingerprint density at radius 3 is 2.89 bits per heavy atom. The van der Waals surface area contributed by atoms with Crippen LogP contribution in [0.15, 0.2) is 28.7 Å². The van der Waals surface area contributed by atoms with Gasteiger partial charge in [0.15, 0.2) is 5.82 Å². The second-order valence-corrected chi connectivity index (χ2v) is 6.53. The van der Waals surface area contributed by atoms with Crippen molar-refractivity contribution in [2.24, 2.45) is 0 Å². The van der Waals surface area contributed by atoms with Crippen molar-refractivity contribution in [2.45, 2.75) is 25.5 Å². The number of unbranched alkanes of at least 4 members (excludes halogenated alkanes) is 1. The van der Waals surface area contributed by atoms with E-state index >= 15 is 0 Å². The third-order valence-corrected chi connectivity index (χ3v) is 4.63. The second kappa shape index (κ2) is 6.91. The maximum atomic E-state index is 11.9. The third-order valence-electron chi connectivity index (χ3n) is 2.63. The zero-order valence-electron chi connectivity index (χ0n) is 10.6. The van der Waals surface area contributed by atoms with Crippen LogP contribution < -0.4 is 0 Å². The number of tetrazole rings is 1. The number of aromatic nitrogens is 4. The van der Waals surface area contributed by atoms with Crippen molar-refractivity contribution in [1.82, 2.24) is 20.2 Å². The number of hydrogen-bond donors (Lipinski definition) is 0. The largest absolute Gasteiger partial charge is 0.259 e. The van der Waals surface area contributed by atoms with Crippen LogP contribution in [0.4, 0.5) is 0 Å². The van der Waals surface area contributed by atoms with Gasteiger partial charge in [-0.25, -0.2) is 0 Å². The van der Waals surface area contributed by atoms with E-state index in [-0.39, 0.29) is 0 Å². The highest BCUT2D eigenvalue weighted by Gasteiger charge is 2.13. The fourth-order valence-electron chi connectivity index (χ4n) is 1.63. The summed E-state index contributed by atoms with van der Waals surface area (Å²) in [6, 6.07) is 7.68. The first-order chi connectivity index (χ1) is 9.22. The molecule has 2 aromatic rings. The molecule has 19 heavy (non-hydrogen) atoms. The summed E-state index contributed by atoms with van der Waals surface area (Å²) in [6.07, 6.45) is 2.00. The molecule has 0 radical (unpaired) electrons. The lowest BCUT2D eigenvalue weighted by Gasteiger charge is -2.06. The molecule has 1 aromatic heterocycles. The molecular formula is C12H15BrN4OS. The van der Waals surface area contributed by atoms with Gasteiger partial charge in [0.25, 0.3) is 0 Å². The van der Waals surface area contributed by atoms with E-state index in [1.807, 2.05) is 24.3 Å². The molecule has 0 N–H and O–H groups in total. The Kier molecular flexibility index (Phi) is 5.21. The predicted molar refractivity (Wildman–Crippen MR) is 78.5 cm³/mol. The summed E-state index contributed by atoms with van der Waals surface area (Å²) in [6.45, 7) is 2.09. The van der Waals surface area contributed by atoms with Gasteiger partial charge < -0.3 is 0 Å². The van der Waals surface area contributed by atoms with Gasteiger partial charge in [-0.3, -0.25) is 4.21 Å². The standard InChI is InChI=1S/C12H15BrN4OS/c1-2-3-8-19(18)9-12-14-15-16-17(12)11-7-5-4-6-10(11)13/h4-7H,2-3,8-9H2,1H3. The van der Waals surface area contributed by atoms with Crippen LogP contribution in [0.5, 0.6) is 0 Å². The molecule has 0 bridgehead atoms. The molecule has 0 aliphatic carbocycles. The molecule has 1 heterocycles. The molecule has 1 aromatic carbocycles. The van der Waals surface area contributed by atoms with Crippen molar-refractivity contribution in [1.29, 1.82) is 0 Å². The monoisotopic (exact) mass is 342 g/mol. The Bertz CT molecular complexity index is 572. The minimum atomic E-state index is -0.919. The topological polar surface area (TPSA) is 60.7 Å². The number of nitrogens with zero attached hydrogens (tertiary/aromatic N) is 4. The van der Waals surface area contributed by atoms with E-state index in [1.54, 1.807) is 4.68 Å². The number of hydrogen-bond acceptors (Lipinski definition) is 4. The lowest BCUT2D eigenvalue weighted by atomic mass is 10.3. The maximum absolute atomic E-state index is 11.9. The summed E-state index contributed by atoms with van der Waals surface area (Å²) < 4.78 is 14.5. The average molecular weight is 343 g/mol. The second-order valence-electron chi connectivity index (χ2n) is 4.10. The van der Waals surface area contributed by atoms with Crippen LogP contribution in [-0.4, -0.2) is 30.2 Å². The minimum Gasteiger partial charge on any atom is -0.259 e. The van der Waals surface area contributed by atoms with Crippen LogP contribution in [0, 0.1) is 0 Å². The molecule has 0 aliphatic heterocycles. The molecule has 0 fully saturated rings. The molecule has 0 amide bonds. The summed E-state index contributed by atoms with van der Waals surface area (Å²) in [7, 11) is -0.919. The van der Waals surface area contributed by atoms with Crippen molar-refractivity contribution in [3.8, 4) is 5.69 Å². The maximum Gasteiger partial charge on any atom is 0.169 e. The van der Waals surface area contributed by atoms with Gasteiger partial charge in [-0.1, -0.05) is 25.5 Å². The Morgan fingerprint density at radius 1 is 1.37 bits per heavy atom. The normalized spacial score (nSPS) is 12.5. The highest BCUT2D eigenvalue weighted by molar-refractivity contribution is 9.10. The zero-order chi connectivity index (χ0) is 13.7. The minimum absolute atomic E-state index is 0.383. The molecule has 1 atom stereocenters. The van der Waals surface area contributed by atoms with Crippen molar-refractivity contribution in [3.05, 3.63) is 34.6 Å². The third kappa shape index (κ3) is 3.70. The first-order valence-corrected chi connectivity index (χ1v) is 8.37. The first-order valence-electron chi connectivity index (χ1n) is 6.09. The van der Waals surface area contributed by atoms with Crippen molar-refractivity contribution >= 4 is 26.7 Å². The zero-order valence-corrected chi connectivity index (χ0v) is 13.0. The van der Waals surface area contributed by atoms with Crippen LogP contribution >= 0.6 is 15.9 Å². The first kappa shape index (κ1) is 14.3. The van der Waals surface area contributed by atoms with Crippen LogP contribution in [0.3, 0.4) is 0 Å². The summed E-state index contributed by atoms with van der Waals surface area (Å²) in [5, 5.41) is 11.6. The predicted octanol–water partition coefficient (Wildman–Crippen LogP) is 2.47. The molecule has 0 saturated carbocycles. The number of halogens is 1. The Hall–Kier alpha value is -1.08. The van der Waals surface area contributed by atoms with E-state index in [1.165, 1.54) is 0 Å². The van der Waals surface area contributed by atoms with Crippen molar-refractivity contribution in [3.63, 3.8) is 0 Å². The molecule has 7 heteroatoms. The van der Waals surface area contributed by atoms with E-state index in [0.717, 1.165) is 23.0 Å². The molecule has 5 nitrogen and oxygen atoms in total. The number of rotatable bonds is 6. The SMILES string of the molecule is CCCCS(=O)Cc1nnnn1-c1ccccc1Br. The number of para-hydroxylation sites is 1. The van der Waals surface area contributed by atoms with Gasteiger partial charge in [0, 0.05) is 21.0 Å². The summed E-state index contributed by atoms with van der Waals surface area (Å²) in [5.74, 6) is 1.70. The van der Waals surface area contributed by atoms with Crippen molar-refractivity contribution < 1.29 is 4.21 Å². The van der Waals surface area contributed by atoms with Gasteiger partial charge in [-0.15, -0.1) is 5.10 Å². The highest BCUT2D eigenvalue weighted by atomic mass is 79.9. The Morgan fingerprint density at radius 2 is 2.16 bits per heavy atom. The highest BCUT2D eigenvalue weighted by Crippen LogP contribution is 2.20. The van der Waals surface area contributed by atoms with Gasteiger partial charge in [0.2, 0.25) is 0 Å². The molecule has 0 spiro atoms. The molecule has 102 valence electrons. The smallest absolute Gasteiger partial charge is 0.169 e. The van der Waals surface area contributed by atoms with Gasteiger partial charge in [0.05, 0.1) is 11.4 Å². The quantitative estimate of drug-likeness (QED) is 0.808. The van der Waals surface area contributed by atoms with E-state index < -0.39 is 10.8 Å². The van der Waals surface area contributed by atoms with E-state index in [0.29, 0.717) is 17.3 Å². The molecule has 2 rings (SSSR count). The van der Waals surface area contributed by atoms with E-state index in [4.69, 9.17) is 0 Å². The van der Waals surface area contributed by atoms with Gasteiger partial charge in [-0.05, 0) is 44.9 Å². The van der Waals surface area contributed by atoms with Gasteiger partial charge in [0.1, 0.15) is 0 Å². The fraction of sp³-hybridized carbons (Fsp3) is 0.417. The molecular weight excluding hydrogens is 328 g/mol. The Labute approximate surface area is 123 Å². The fourth-order valence-corrected chi connectivity index (χ4v) is 3.30. The van der Waals surface area contributed by atoms with Gasteiger partial charge >= 0.3 is 0 Å². The van der Waals surface area contributed by atoms with E-state index in [2.05, 4.69) is 38.4 Å². The van der Waals surface area contributed by atoms with Crippen LogP contribution in [0.1, 0.15) is 25.6 Å². The summed E-state index contributed by atoms with van der Waals surface area (Å²) >= 11 is 3.47. The lowest BCUT2D eigenvalue weighted by Crippen LogP contribution is -2.09. The number of benzene rings is 1. The summed E-state index contributed by atoms with van der Waals surface area (Å²) in [5.41, 5.74) is 0.856. The van der Waals surface area contributed by atoms with Crippen LogP contribution in [0.2, 0.25) is 0 Å². The molecule has 0 saturated heterocycles. The van der Waals surface area contributed by atoms with Gasteiger partial charge in [-0.2, -0.15) is 4.68 Å². The molecule has 0 aliphatic rings. The summed E-state index contributed by atoms with van der Waals surface area (Å²) in [4.78, 5) is 0.